The fraction of sp³-hybridized carbons (Fsp3) is 0.536. The summed E-state index contributed by atoms with van der Waals surface area (Å²) in [5.41, 5.74) is 5.43. The number of ketones is 1. The molecule has 0 N–H and O–H groups in total. The molecule has 3 nitrogen and oxygen atoms in total. The first-order valence-electron chi connectivity index (χ1n) is 12.0. The quantitative estimate of drug-likeness (QED) is 0.243. The maximum atomic E-state index is 11.9. The third kappa shape index (κ3) is 10.4. The summed E-state index contributed by atoms with van der Waals surface area (Å²) in [6.07, 6.45) is 7.79. The average molecular weight is 584 g/mol. The van der Waals surface area contributed by atoms with E-state index in [0.717, 1.165) is 17.3 Å². The average Bonchev–Trinajstić information content (AvgIpc) is 2.75. The van der Waals surface area contributed by atoms with Crippen molar-refractivity contribution in [3.8, 4) is 0 Å². The maximum Gasteiger partial charge on any atom is 0.187 e. The topological polar surface area (TPSA) is 17.1 Å². The van der Waals surface area contributed by atoms with Crippen LogP contribution in [0.1, 0.15) is 57.1 Å². The molecule has 0 fully saturated rings. The minimum Gasteiger partial charge on any atom is -1.00 e. The Balaban J connectivity index is 0.00000512. The summed E-state index contributed by atoms with van der Waals surface area (Å²) in [6, 6.07) is 18.1. The first kappa shape index (κ1) is 32.0. The number of carbonyl (C=O) groups is 1. The van der Waals surface area contributed by atoms with Crippen LogP contribution in [0, 0.1) is 0 Å². The molecule has 0 bridgehead atoms. The molecule has 0 aromatic heterocycles. The number of rotatable bonds is 13. The number of hydrogen-bond acceptors (Lipinski definition) is 1. The largest absolute Gasteiger partial charge is 1.00 e. The number of halogens is 2. The second-order valence-corrected chi connectivity index (χ2v) is 10.0. The number of aryl methyl sites for hydroxylation is 2. The van der Waals surface area contributed by atoms with Gasteiger partial charge in [0.2, 0.25) is 0 Å². The van der Waals surface area contributed by atoms with E-state index in [4.69, 9.17) is 0 Å². The molecule has 2 rings (SSSR count). The van der Waals surface area contributed by atoms with Gasteiger partial charge < -0.3 is 34.0 Å². The van der Waals surface area contributed by atoms with Crippen LogP contribution in [0.25, 0.3) is 0 Å². The summed E-state index contributed by atoms with van der Waals surface area (Å²) in [5, 5.41) is 0. The van der Waals surface area contributed by atoms with Gasteiger partial charge in [0.1, 0.15) is 17.9 Å². The Bertz CT molecular complexity index is 815. The van der Waals surface area contributed by atoms with Crippen LogP contribution in [0.2, 0.25) is 0 Å². The zero-order valence-electron chi connectivity index (χ0n) is 21.5. The van der Waals surface area contributed by atoms with E-state index in [1.54, 1.807) is 0 Å². The minimum absolute atomic E-state index is 0. The number of nitrogens with zero attached hydrogens (tertiary/aromatic N) is 2. The van der Waals surface area contributed by atoms with Crippen molar-refractivity contribution < 1.29 is 38.8 Å². The molecule has 0 aliphatic heterocycles. The normalized spacial score (nSPS) is 11.5. The van der Waals surface area contributed by atoms with E-state index >= 15 is 0 Å². The second kappa shape index (κ2) is 15.1. The van der Waals surface area contributed by atoms with Gasteiger partial charge in [-0.1, -0.05) is 44.5 Å². The molecule has 186 valence electrons. The van der Waals surface area contributed by atoms with Gasteiger partial charge in [-0.2, -0.15) is 0 Å². The van der Waals surface area contributed by atoms with Crippen LogP contribution in [0.3, 0.4) is 0 Å². The van der Waals surface area contributed by atoms with Crippen molar-refractivity contribution in [1.29, 1.82) is 0 Å². The second-order valence-electron chi connectivity index (χ2n) is 10.0. The maximum absolute atomic E-state index is 11.9. The van der Waals surface area contributed by atoms with Crippen LogP contribution in [0.4, 0.5) is 11.4 Å². The van der Waals surface area contributed by atoms with E-state index in [1.165, 1.54) is 54.7 Å². The summed E-state index contributed by atoms with van der Waals surface area (Å²) >= 11 is 0. The molecule has 0 saturated heterocycles. The molecular weight excluding hydrogens is 540 g/mol. The monoisotopic (exact) mass is 582 g/mol. The molecule has 0 spiro atoms. The van der Waals surface area contributed by atoms with Crippen LogP contribution in [-0.2, 0) is 17.6 Å². The first-order valence-corrected chi connectivity index (χ1v) is 12.0. The molecule has 0 atom stereocenters. The van der Waals surface area contributed by atoms with E-state index in [2.05, 4.69) is 83.6 Å². The molecular formula is C28H44Br2N2O. The van der Waals surface area contributed by atoms with Gasteiger partial charge in [0.15, 0.2) is 5.78 Å². The molecule has 5 heteroatoms. The van der Waals surface area contributed by atoms with Crippen LogP contribution >= 0.6 is 0 Å². The smallest absolute Gasteiger partial charge is 0.187 e. The van der Waals surface area contributed by atoms with E-state index < -0.39 is 0 Å². The van der Waals surface area contributed by atoms with Crippen LogP contribution in [0.5, 0.6) is 0 Å². The lowest BCUT2D eigenvalue weighted by Gasteiger charge is -2.29. The standard InChI is InChI=1S/C28H44N2O.2BrH/c1-7-9-22-29(3,4)26-18-14-24(15-19-26)12-10-11-13-25-16-20-27(21-17-25)30(5,6)23-28(31)8-2;;/h14-21H,7-13,22-23H2,1-6H3;2*1H/q+2;;/p-2. The number of unbranched alkanes of at least 4 members (excludes halogenated alkanes) is 2. The molecule has 0 unspecified atom stereocenters. The number of benzene rings is 2. The predicted molar refractivity (Wildman–Crippen MR) is 137 cm³/mol. The van der Waals surface area contributed by atoms with Crippen molar-refractivity contribution in [2.75, 3.05) is 41.3 Å². The van der Waals surface area contributed by atoms with Crippen molar-refractivity contribution >= 4 is 17.2 Å². The highest BCUT2D eigenvalue weighted by Gasteiger charge is 2.22. The molecule has 0 amide bonds. The van der Waals surface area contributed by atoms with Crippen molar-refractivity contribution in [1.82, 2.24) is 8.97 Å². The zero-order chi connectivity index (χ0) is 22.9. The van der Waals surface area contributed by atoms with Gasteiger partial charge >= 0.3 is 0 Å². The summed E-state index contributed by atoms with van der Waals surface area (Å²) in [5.74, 6) is 0.311. The minimum atomic E-state index is 0. The van der Waals surface area contributed by atoms with Crippen LogP contribution in [0.15, 0.2) is 48.5 Å². The fourth-order valence-electron chi connectivity index (χ4n) is 4.12. The van der Waals surface area contributed by atoms with Crippen molar-refractivity contribution in [2.45, 2.75) is 58.8 Å². The molecule has 0 saturated carbocycles. The van der Waals surface area contributed by atoms with E-state index in [-0.39, 0.29) is 34.0 Å². The molecule has 0 aliphatic carbocycles. The molecule has 0 aliphatic rings. The lowest BCUT2D eigenvalue weighted by Crippen LogP contribution is -3.00. The third-order valence-corrected chi connectivity index (χ3v) is 6.49. The zero-order valence-corrected chi connectivity index (χ0v) is 24.7. The highest BCUT2D eigenvalue weighted by molar-refractivity contribution is 5.81. The Morgan fingerprint density at radius 1 is 0.667 bits per heavy atom. The lowest BCUT2D eigenvalue weighted by molar-refractivity contribution is -0.119. The molecule has 2 aromatic carbocycles. The Morgan fingerprint density at radius 2 is 1.09 bits per heavy atom. The first-order chi connectivity index (χ1) is 14.7. The summed E-state index contributed by atoms with van der Waals surface area (Å²) in [6.45, 7) is 5.95. The Kier molecular flexibility index (Phi) is 14.6. The molecule has 0 radical (unpaired) electrons. The van der Waals surface area contributed by atoms with Gasteiger partial charge in [0.25, 0.3) is 0 Å². The summed E-state index contributed by atoms with van der Waals surface area (Å²) < 4.78 is 1.59. The predicted octanol–water partition coefficient (Wildman–Crippen LogP) is 0.173. The number of Topliss-reactive ketones (excluding diaryl/α,β-unsaturated/α-hetero) is 1. The Hall–Kier alpha value is -1.01. The number of likely N-dealkylation sites (N-methyl/N-ethyl adjacent to an activating group) is 1. The highest BCUT2D eigenvalue weighted by Crippen LogP contribution is 2.22. The van der Waals surface area contributed by atoms with Crippen molar-refractivity contribution in [2.24, 2.45) is 0 Å². The summed E-state index contributed by atoms with van der Waals surface area (Å²) in [4.78, 5) is 11.9. The SMILES string of the molecule is CCCC[N+](C)(C)c1ccc(CCCCc2ccc([N+](C)(C)CC(=O)CC)cc2)cc1.[Br-].[Br-]. The lowest BCUT2D eigenvalue weighted by atomic mass is 10.0. The molecule has 0 heterocycles. The Labute approximate surface area is 223 Å². The van der Waals surface area contributed by atoms with E-state index in [9.17, 15) is 4.79 Å². The van der Waals surface area contributed by atoms with E-state index in [0.29, 0.717) is 23.2 Å². The third-order valence-electron chi connectivity index (χ3n) is 6.49. The Morgan fingerprint density at radius 3 is 1.48 bits per heavy atom. The highest BCUT2D eigenvalue weighted by atomic mass is 79.9. The van der Waals surface area contributed by atoms with Gasteiger partial charge in [-0.05, 0) is 67.5 Å². The number of quaternary nitrogens is 2. The molecule has 33 heavy (non-hydrogen) atoms. The van der Waals surface area contributed by atoms with Gasteiger partial charge in [0, 0.05) is 6.42 Å². The van der Waals surface area contributed by atoms with Gasteiger partial charge in [-0.15, -0.1) is 0 Å². The van der Waals surface area contributed by atoms with Crippen LogP contribution < -0.4 is 42.9 Å². The van der Waals surface area contributed by atoms with Crippen molar-refractivity contribution in [3.63, 3.8) is 0 Å². The van der Waals surface area contributed by atoms with Gasteiger partial charge in [-0.3, -0.25) is 13.8 Å². The number of carbonyl (C=O) groups excluding carboxylic acids is 1. The van der Waals surface area contributed by atoms with Crippen molar-refractivity contribution in [3.05, 3.63) is 59.7 Å². The summed E-state index contributed by atoms with van der Waals surface area (Å²) in [7, 11) is 8.82. The molecule has 2 aromatic rings. The van der Waals surface area contributed by atoms with E-state index in [1.807, 2.05) is 6.92 Å². The number of hydrogen-bond donors (Lipinski definition) is 0. The fourth-order valence-corrected chi connectivity index (χ4v) is 4.12. The van der Waals surface area contributed by atoms with Gasteiger partial charge in [0.05, 0.1) is 34.7 Å². The van der Waals surface area contributed by atoms with Crippen LogP contribution in [-0.4, -0.2) is 47.1 Å². The van der Waals surface area contributed by atoms with Gasteiger partial charge in [-0.25, -0.2) is 0 Å².